The number of nitrogens with one attached hydrogen (secondary N) is 1. The Kier molecular flexibility index (Phi) is 4.19. The van der Waals surface area contributed by atoms with Gasteiger partial charge >= 0.3 is 0 Å². The number of carbonyl (C=O) groups is 1. The van der Waals surface area contributed by atoms with E-state index in [1.54, 1.807) is 25.5 Å². The number of imidazole rings is 1. The highest BCUT2D eigenvalue weighted by Crippen LogP contribution is 2.14. The van der Waals surface area contributed by atoms with Crippen LogP contribution < -0.4 is 5.32 Å². The largest absolute Gasteiger partial charge is 0.348 e. The summed E-state index contributed by atoms with van der Waals surface area (Å²) in [5.41, 5.74) is 2.83. The molecule has 23 heavy (non-hydrogen) atoms. The van der Waals surface area contributed by atoms with Gasteiger partial charge in [0.15, 0.2) is 0 Å². The van der Waals surface area contributed by atoms with Crippen LogP contribution in [0.1, 0.15) is 21.5 Å². The molecule has 0 atom stereocenters. The highest BCUT2D eigenvalue weighted by molar-refractivity contribution is 5.94. The third kappa shape index (κ3) is 3.29. The second-order valence-corrected chi connectivity index (χ2v) is 5.25. The van der Waals surface area contributed by atoms with Crippen LogP contribution in [-0.4, -0.2) is 15.5 Å². The number of benzene rings is 2. The lowest BCUT2D eigenvalue weighted by Crippen LogP contribution is -2.23. The highest BCUT2D eigenvalue weighted by Gasteiger charge is 2.09. The fourth-order valence-corrected chi connectivity index (χ4v) is 2.38. The first-order valence-corrected chi connectivity index (χ1v) is 7.26. The van der Waals surface area contributed by atoms with Gasteiger partial charge in [-0.1, -0.05) is 18.2 Å². The number of para-hydroxylation sites is 1. The van der Waals surface area contributed by atoms with E-state index in [-0.39, 0.29) is 11.7 Å². The summed E-state index contributed by atoms with van der Waals surface area (Å²) in [5, 5.41) is 2.87. The number of aromatic nitrogens is 2. The van der Waals surface area contributed by atoms with Crippen LogP contribution in [0.15, 0.2) is 61.2 Å². The minimum absolute atomic E-state index is 0.228. The number of aryl methyl sites for hydroxylation is 1. The van der Waals surface area contributed by atoms with Gasteiger partial charge in [-0.15, -0.1) is 0 Å². The van der Waals surface area contributed by atoms with Crippen molar-refractivity contribution in [3.05, 3.63) is 83.7 Å². The number of hydrogen-bond donors (Lipinski definition) is 1. The summed E-state index contributed by atoms with van der Waals surface area (Å²) < 4.78 is 15.2. The zero-order chi connectivity index (χ0) is 16.2. The van der Waals surface area contributed by atoms with E-state index >= 15 is 0 Å². The van der Waals surface area contributed by atoms with Crippen LogP contribution in [0, 0.1) is 12.7 Å². The summed E-state index contributed by atoms with van der Waals surface area (Å²) in [7, 11) is 0. The fraction of sp³-hybridized carbons (Fsp3) is 0.111. The van der Waals surface area contributed by atoms with Gasteiger partial charge in [-0.3, -0.25) is 4.79 Å². The first kappa shape index (κ1) is 15.0. The van der Waals surface area contributed by atoms with Crippen LogP contribution in [0.5, 0.6) is 0 Å². The van der Waals surface area contributed by atoms with E-state index < -0.39 is 0 Å². The monoisotopic (exact) mass is 309 g/mol. The first-order chi connectivity index (χ1) is 11.1. The molecule has 1 aromatic heterocycles. The molecule has 5 heteroatoms. The van der Waals surface area contributed by atoms with Gasteiger partial charge in [0, 0.05) is 24.5 Å². The quantitative estimate of drug-likeness (QED) is 0.804. The molecule has 3 aromatic rings. The van der Waals surface area contributed by atoms with Gasteiger partial charge in [0.1, 0.15) is 5.82 Å². The number of rotatable bonds is 4. The summed E-state index contributed by atoms with van der Waals surface area (Å²) >= 11 is 0. The van der Waals surface area contributed by atoms with Gasteiger partial charge in [-0.05, 0) is 42.3 Å². The molecule has 4 nitrogen and oxygen atoms in total. The summed E-state index contributed by atoms with van der Waals surface area (Å²) in [6.07, 6.45) is 5.27. The number of amides is 1. The van der Waals surface area contributed by atoms with Gasteiger partial charge in [-0.2, -0.15) is 0 Å². The first-order valence-electron chi connectivity index (χ1n) is 7.26. The number of halogens is 1. The fourth-order valence-electron chi connectivity index (χ4n) is 2.38. The molecule has 3 rings (SSSR count). The molecule has 0 bridgehead atoms. The Morgan fingerprint density at radius 2 is 2.09 bits per heavy atom. The third-order valence-corrected chi connectivity index (χ3v) is 3.63. The Bertz CT molecular complexity index is 828. The van der Waals surface area contributed by atoms with Gasteiger partial charge in [0.05, 0.1) is 12.0 Å². The summed E-state index contributed by atoms with van der Waals surface area (Å²) in [6.45, 7) is 2.02. The molecule has 0 fully saturated rings. The molecule has 2 aromatic carbocycles. The zero-order valence-corrected chi connectivity index (χ0v) is 12.7. The SMILES string of the molecule is Cc1cc(C(=O)NCc2ccccc2-n2ccnc2)ccc1F. The molecular formula is C18H16FN3O. The summed E-state index contributed by atoms with van der Waals surface area (Å²) in [4.78, 5) is 16.3. The van der Waals surface area contributed by atoms with Crippen molar-refractivity contribution in [2.24, 2.45) is 0 Å². The smallest absolute Gasteiger partial charge is 0.251 e. The molecule has 0 unspecified atom stereocenters. The Labute approximate surface area is 133 Å². The van der Waals surface area contributed by atoms with Crippen molar-refractivity contribution in [2.45, 2.75) is 13.5 Å². The van der Waals surface area contributed by atoms with Gasteiger partial charge in [0.25, 0.3) is 5.91 Å². The van der Waals surface area contributed by atoms with Gasteiger partial charge in [-0.25, -0.2) is 9.37 Å². The van der Waals surface area contributed by atoms with Crippen LogP contribution in [0.25, 0.3) is 5.69 Å². The van der Waals surface area contributed by atoms with Crippen LogP contribution >= 0.6 is 0 Å². The molecule has 0 aliphatic rings. The zero-order valence-electron chi connectivity index (χ0n) is 12.7. The van der Waals surface area contributed by atoms with Crippen LogP contribution in [0.2, 0.25) is 0 Å². The molecule has 1 N–H and O–H groups in total. The Balaban J connectivity index is 1.76. The second-order valence-electron chi connectivity index (χ2n) is 5.25. The molecule has 0 aliphatic carbocycles. The summed E-state index contributed by atoms with van der Waals surface area (Å²) in [5.74, 6) is -0.541. The van der Waals surface area contributed by atoms with E-state index in [9.17, 15) is 9.18 Å². The lowest BCUT2D eigenvalue weighted by Gasteiger charge is -2.11. The second kappa shape index (κ2) is 6.44. The van der Waals surface area contributed by atoms with Crippen molar-refractivity contribution >= 4 is 5.91 Å². The molecule has 0 spiro atoms. The van der Waals surface area contributed by atoms with E-state index in [0.29, 0.717) is 17.7 Å². The Morgan fingerprint density at radius 1 is 1.26 bits per heavy atom. The van der Waals surface area contributed by atoms with Crippen LogP contribution in [0.4, 0.5) is 4.39 Å². The highest BCUT2D eigenvalue weighted by atomic mass is 19.1. The maximum atomic E-state index is 13.3. The van der Waals surface area contributed by atoms with Crippen LogP contribution in [-0.2, 0) is 6.54 Å². The normalized spacial score (nSPS) is 10.5. The maximum Gasteiger partial charge on any atom is 0.251 e. The molecule has 1 amide bonds. The van der Waals surface area contributed by atoms with Crippen molar-refractivity contribution in [1.29, 1.82) is 0 Å². The van der Waals surface area contributed by atoms with E-state index in [2.05, 4.69) is 10.3 Å². The molecule has 116 valence electrons. The van der Waals surface area contributed by atoms with E-state index in [1.807, 2.05) is 35.0 Å². The van der Waals surface area contributed by atoms with E-state index in [4.69, 9.17) is 0 Å². The Morgan fingerprint density at radius 3 is 2.83 bits per heavy atom. The van der Waals surface area contributed by atoms with Crippen molar-refractivity contribution in [1.82, 2.24) is 14.9 Å². The third-order valence-electron chi connectivity index (χ3n) is 3.63. The molecule has 1 heterocycles. The lowest BCUT2D eigenvalue weighted by atomic mass is 10.1. The lowest BCUT2D eigenvalue weighted by molar-refractivity contribution is 0.0951. The van der Waals surface area contributed by atoms with Crippen LogP contribution in [0.3, 0.4) is 0 Å². The standard InChI is InChI=1S/C18H16FN3O/c1-13-10-14(6-7-16(13)19)18(23)21-11-15-4-2-3-5-17(15)22-9-8-20-12-22/h2-10,12H,11H2,1H3,(H,21,23). The van der Waals surface area contributed by atoms with Gasteiger partial charge < -0.3 is 9.88 Å². The van der Waals surface area contributed by atoms with Crippen molar-refractivity contribution in [3.63, 3.8) is 0 Å². The van der Waals surface area contributed by atoms with Crippen molar-refractivity contribution < 1.29 is 9.18 Å². The maximum absolute atomic E-state index is 13.3. The minimum atomic E-state index is -0.313. The average molecular weight is 309 g/mol. The summed E-state index contributed by atoms with van der Waals surface area (Å²) in [6, 6.07) is 12.1. The van der Waals surface area contributed by atoms with E-state index in [1.165, 1.54) is 12.1 Å². The molecule has 0 saturated carbocycles. The molecular weight excluding hydrogens is 293 g/mol. The van der Waals surface area contributed by atoms with Crippen molar-refractivity contribution in [3.8, 4) is 5.69 Å². The number of hydrogen-bond acceptors (Lipinski definition) is 2. The predicted octanol–water partition coefficient (Wildman–Crippen LogP) is 3.25. The Hall–Kier alpha value is -2.95. The molecule has 0 saturated heterocycles. The number of carbonyl (C=O) groups excluding carboxylic acids is 1. The number of nitrogens with zero attached hydrogens (tertiary/aromatic N) is 2. The predicted molar refractivity (Wildman–Crippen MR) is 85.9 cm³/mol. The van der Waals surface area contributed by atoms with Crippen molar-refractivity contribution in [2.75, 3.05) is 0 Å². The minimum Gasteiger partial charge on any atom is -0.348 e. The molecule has 0 aliphatic heterocycles. The van der Waals surface area contributed by atoms with Gasteiger partial charge in [0.2, 0.25) is 0 Å². The topological polar surface area (TPSA) is 46.9 Å². The average Bonchev–Trinajstić information content (AvgIpc) is 3.10. The molecule has 0 radical (unpaired) electrons. The van der Waals surface area contributed by atoms with E-state index in [0.717, 1.165) is 11.3 Å².